The van der Waals surface area contributed by atoms with Crippen LogP contribution in [-0.2, 0) is 45.4 Å². The van der Waals surface area contributed by atoms with Gasteiger partial charge >= 0.3 is 6.09 Å². The number of sulfonamides is 2. The summed E-state index contributed by atoms with van der Waals surface area (Å²) in [5.41, 5.74) is 6.19. The molecule has 0 aliphatic carbocycles. The van der Waals surface area contributed by atoms with Gasteiger partial charge in [-0.2, -0.15) is 28.6 Å². The molecule has 0 saturated carbocycles. The van der Waals surface area contributed by atoms with E-state index in [1.165, 1.54) is 39.5 Å². The van der Waals surface area contributed by atoms with Crippen LogP contribution in [0.3, 0.4) is 0 Å². The Morgan fingerprint density at radius 1 is 0.722 bits per heavy atom. The lowest BCUT2D eigenvalue weighted by molar-refractivity contribution is 0.0522. The number of fused-ring (bicyclic) bond motifs is 2. The number of piperazine rings is 2. The molecule has 3 aliphatic heterocycles. The average molecular weight is 1050 g/mol. The van der Waals surface area contributed by atoms with E-state index in [0.717, 1.165) is 57.1 Å². The molecule has 72 heavy (non-hydrogen) atoms. The fraction of sp³-hybridized carbons (Fsp3) is 0.354. The van der Waals surface area contributed by atoms with Gasteiger partial charge in [0, 0.05) is 130 Å². The van der Waals surface area contributed by atoms with Gasteiger partial charge in [-0.1, -0.05) is 11.6 Å². The number of pyridine rings is 2. The van der Waals surface area contributed by atoms with Gasteiger partial charge in [-0.3, -0.25) is 14.4 Å². The Morgan fingerprint density at radius 2 is 1.31 bits per heavy atom. The number of anilines is 1. The van der Waals surface area contributed by atoms with Gasteiger partial charge in [0.25, 0.3) is 0 Å². The lowest BCUT2D eigenvalue weighted by Gasteiger charge is -2.34. The summed E-state index contributed by atoms with van der Waals surface area (Å²) < 4.78 is 88.1. The summed E-state index contributed by atoms with van der Waals surface area (Å²) in [5, 5.41) is 16.5. The quantitative estimate of drug-likeness (QED) is 0.183. The van der Waals surface area contributed by atoms with Crippen molar-refractivity contribution in [2.24, 2.45) is 19.1 Å². The van der Waals surface area contributed by atoms with Gasteiger partial charge in [0.1, 0.15) is 39.4 Å². The fourth-order valence-electron chi connectivity index (χ4n) is 8.33. The maximum atomic E-state index is 15.3. The largest absolute Gasteiger partial charge is 0.442 e. The van der Waals surface area contributed by atoms with Crippen molar-refractivity contribution >= 4 is 60.2 Å². The Kier molecular flexibility index (Phi) is 15.1. The molecule has 0 unspecified atom stereocenters. The van der Waals surface area contributed by atoms with E-state index >= 15 is 4.39 Å². The summed E-state index contributed by atoms with van der Waals surface area (Å²) in [5.74, 6) is -0.113. The topological polar surface area (TPSA) is 208 Å². The van der Waals surface area contributed by atoms with Gasteiger partial charge in [-0.05, 0) is 80.4 Å². The molecule has 19 nitrogen and oxygen atoms in total. The van der Waals surface area contributed by atoms with Gasteiger partial charge in [0.15, 0.2) is 0 Å². The highest BCUT2D eigenvalue weighted by Gasteiger charge is 2.28. The van der Waals surface area contributed by atoms with E-state index in [9.17, 15) is 26.0 Å². The van der Waals surface area contributed by atoms with Gasteiger partial charge in [0.2, 0.25) is 20.0 Å². The second-order valence-corrected chi connectivity index (χ2v) is 22.7. The van der Waals surface area contributed by atoms with Crippen LogP contribution in [0.4, 0.5) is 19.4 Å². The maximum absolute atomic E-state index is 15.3. The molecule has 2 aromatic carbocycles. The predicted molar refractivity (Wildman–Crippen MR) is 272 cm³/mol. The van der Waals surface area contributed by atoms with Crippen LogP contribution in [0.25, 0.3) is 44.4 Å². The second kappa shape index (κ2) is 20.9. The number of aliphatic imine (C=N–C) groups is 1. The Balaban J connectivity index is 0.000000162. The molecule has 380 valence electrons. The predicted octanol–water partition coefficient (Wildman–Crippen LogP) is 5.98. The van der Waals surface area contributed by atoms with E-state index in [1.807, 2.05) is 31.4 Å². The van der Waals surface area contributed by atoms with E-state index in [4.69, 9.17) is 16.3 Å². The van der Waals surface area contributed by atoms with Crippen LogP contribution in [-0.4, -0.2) is 147 Å². The number of benzene rings is 2. The Morgan fingerprint density at radius 3 is 1.88 bits per heavy atom. The van der Waals surface area contributed by atoms with Crippen molar-refractivity contribution in [2.75, 3.05) is 69.8 Å². The second-order valence-electron chi connectivity index (χ2n) is 18.4. The number of nitrogens with zero attached hydrogens (tertiary/aromatic N) is 12. The molecule has 24 heteroatoms. The third-order valence-electron chi connectivity index (χ3n) is 11.8. The maximum Gasteiger partial charge on any atom is 0.435 e. The zero-order chi connectivity index (χ0) is 51.7. The van der Waals surface area contributed by atoms with Gasteiger partial charge in [-0.15, -0.1) is 0 Å². The van der Waals surface area contributed by atoms with E-state index in [-0.39, 0.29) is 16.5 Å². The Hall–Kier alpha value is -6.50. The molecule has 8 heterocycles. The van der Waals surface area contributed by atoms with Gasteiger partial charge in [0.05, 0.1) is 37.2 Å². The lowest BCUT2D eigenvalue weighted by Crippen LogP contribution is -2.48. The molecule has 0 radical (unpaired) electrons. The monoisotopic (exact) mass is 1050 g/mol. The fourth-order valence-corrected chi connectivity index (χ4v) is 10.2. The number of hydrogen-bond donors (Lipinski definition) is 1. The molecule has 2 saturated heterocycles. The average Bonchev–Trinajstić information content (AvgIpc) is 4.15. The molecule has 0 spiro atoms. The third kappa shape index (κ3) is 12.0. The summed E-state index contributed by atoms with van der Waals surface area (Å²) in [7, 11) is -2.51. The SMILES string of the molecule is CS(=O)(=O)N1CCNCC1.Cn1cc(-c2cc(F)c3c(c2)C(c2ccnc(N4CCN(S(C)(=O)=O)CC4)c2)=NC3)cn1.Cn1cc(-c2cc(F)c3c(c2)c(-c2ccnc(Cl)c2)nn3C(=O)OC(C)(C)C)cn1. The van der Waals surface area contributed by atoms with Gasteiger partial charge in [-0.25, -0.2) is 40.4 Å². The van der Waals surface area contributed by atoms with Crippen LogP contribution in [0.1, 0.15) is 37.5 Å². The van der Waals surface area contributed by atoms with E-state index in [2.05, 4.69) is 40.5 Å². The van der Waals surface area contributed by atoms with Crippen LogP contribution in [0.5, 0.6) is 0 Å². The molecule has 0 bridgehead atoms. The van der Waals surface area contributed by atoms with Crippen LogP contribution in [0.2, 0.25) is 5.15 Å². The van der Waals surface area contributed by atoms with E-state index < -0.39 is 37.6 Å². The van der Waals surface area contributed by atoms with Crippen molar-refractivity contribution in [1.82, 2.24) is 53.2 Å². The number of nitrogens with one attached hydrogen (secondary N) is 1. The zero-order valence-electron chi connectivity index (χ0n) is 40.7. The number of carbonyl (C=O) groups excluding carboxylic acids is 1. The van der Waals surface area contributed by atoms with E-state index in [1.54, 1.807) is 80.2 Å². The van der Waals surface area contributed by atoms with E-state index in [0.29, 0.717) is 73.6 Å². The summed E-state index contributed by atoms with van der Waals surface area (Å²) >= 11 is 6.04. The molecular weight excluding hydrogens is 992 g/mol. The normalized spacial score (nSPS) is 15.6. The minimum absolute atomic E-state index is 0.0276. The number of rotatable bonds is 7. The van der Waals surface area contributed by atoms with Crippen molar-refractivity contribution in [3.05, 3.63) is 119 Å². The minimum Gasteiger partial charge on any atom is -0.442 e. The minimum atomic E-state index is -3.19. The summed E-state index contributed by atoms with van der Waals surface area (Å²) in [6.45, 7) is 10.2. The van der Waals surface area contributed by atoms with Crippen molar-refractivity contribution in [2.45, 2.75) is 32.9 Å². The molecule has 7 aromatic rings. The lowest BCUT2D eigenvalue weighted by atomic mass is 9.96. The summed E-state index contributed by atoms with van der Waals surface area (Å²) in [4.78, 5) is 27.9. The third-order valence-corrected chi connectivity index (χ3v) is 14.6. The summed E-state index contributed by atoms with van der Waals surface area (Å²) in [6.07, 6.45) is 11.9. The molecule has 3 aliphatic rings. The molecule has 0 amide bonds. The number of halogens is 3. The van der Waals surface area contributed by atoms with Crippen molar-refractivity contribution in [3.8, 4) is 33.5 Å². The van der Waals surface area contributed by atoms with Crippen LogP contribution < -0.4 is 10.2 Å². The number of aryl methyl sites for hydroxylation is 2. The molecule has 10 rings (SSSR count). The van der Waals surface area contributed by atoms with Crippen molar-refractivity contribution in [3.63, 3.8) is 0 Å². The number of carbonyl (C=O) groups is 1. The molecule has 2 fully saturated rings. The van der Waals surface area contributed by atoms with Crippen LogP contribution in [0.15, 0.2) is 90.7 Å². The van der Waals surface area contributed by atoms with Crippen LogP contribution in [0, 0.1) is 11.6 Å². The standard InChI is InChI=1S/C22H23FN6O2S.C21H19ClFN5O2.C5H12N2O2S/c1-27-14-17(12-26-27)16-9-18-19(20(23)10-16)13-25-22(18)15-3-4-24-21(11-15)28-5-7-29(8-6-28)32(2,30)31;1-21(2,3)30-20(29)28-19-15(18(26-28)12-5-6-24-17(22)9-12)7-13(8-16(19)23)14-10-25-27(4)11-14;1-10(8,9)7-4-2-6-3-5-7/h3-4,9-12,14H,5-8,13H2,1-2H3;5-11H,1-4H3;6H,2-5H2,1H3. The zero-order valence-corrected chi connectivity index (χ0v) is 43.1. The Labute approximate surface area is 421 Å². The highest BCUT2D eigenvalue weighted by molar-refractivity contribution is 7.88. The molecular formula is C48H54ClF2N13O6S2. The van der Waals surface area contributed by atoms with Crippen molar-refractivity contribution in [1.29, 1.82) is 0 Å². The molecule has 1 N–H and O–H groups in total. The number of hydrogen-bond acceptors (Lipinski definition) is 14. The van der Waals surface area contributed by atoms with Crippen LogP contribution >= 0.6 is 11.6 Å². The summed E-state index contributed by atoms with van der Waals surface area (Å²) in [6, 6.07) is 13.7. The number of aromatic nitrogens is 8. The smallest absolute Gasteiger partial charge is 0.435 e. The molecule has 0 atom stereocenters. The molecule has 5 aromatic heterocycles. The van der Waals surface area contributed by atoms with Crippen molar-refractivity contribution < 1.29 is 35.1 Å². The first-order chi connectivity index (χ1) is 34.0. The van der Waals surface area contributed by atoms with Gasteiger partial charge < -0.3 is 15.0 Å². The highest BCUT2D eigenvalue weighted by Crippen LogP contribution is 2.35. The highest BCUT2D eigenvalue weighted by atomic mass is 35.5. The number of ether oxygens (including phenoxy) is 1. The first-order valence-electron chi connectivity index (χ1n) is 22.8. The Bertz CT molecular complexity index is 3410. The first-order valence-corrected chi connectivity index (χ1v) is 26.8. The first kappa shape index (κ1) is 51.8.